The maximum Gasteiger partial charge on any atom is 0.00927 e. The standard InChI is InChI=1S/C18H36N2/c1-5-16-8-6-7-11-20(16)13-14-12-15(18(2,3)4)9-10-17(14)19/h14-17H,5-13,19H2,1-4H3. The summed E-state index contributed by atoms with van der Waals surface area (Å²) in [7, 11) is 0. The summed E-state index contributed by atoms with van der Waals surface area (Å²) < 4.78 is 0. The van der Waals surface area contributed by atoms with E-state index in [1.165, 1.54) is 58.0 Å². The molecule has 0 radical (unpaired) electrons. The fourth-order valence-corrected chi connectivity index (χ4v) is 4.35. The second kappa shape index (κ2) is 6.79. The molecule has 118 valence electrons. The second-order valence-electron chi connectivity index (χ2n) is 8.35. The Labute approximate surface area is 126 Å². The van der Waals surface area contributed by atoms with E-state index in [9.17, 15) is 0 Å². The van der Waals surface area contributed by atoms with Crippen molar-refractivity contribution in [2.24, 2.45) is 23.0 Å². The number of hydrogen-bond donors (Lipinski definition) is 1. The van der Waals surface area contributed by atoms with Crippen molar-refractivity contribution in [1.29, 1.82) is 0 Å². The van der Waals surface area contributed by atoms with Gasteiger partial charge in [-0.2, -0.15) is 0 Å². The van der Waals surface area contributed by atoms with Crippen LogP contribution in [0.1, 0.15) is 72.6 Å². The van der Waals surface area contributed by atoms with E-state index in [0.717, 1.165) is 17.9 Å². The quantitative estimate of drug-likeness (QED) is 0.845. The van der Waals surface area contributed by atoms with Crippen LogP contribution in [0.3, 0.4) is 0 Å². The Balaban J connectivity index is 1.95. The average molecular weight is 280 g/mol. The molecule has 4 atom stereocenters. The van der Waals surface area contributed by atoms with Gasteiger partial charge in [0, 0.05) is 18.6 Å². The van der Waals surface area contributed by atoms with Gasteiger partial charge in [-0.15, -0.1) is 0 Å². The van der Waals surface area contributed by atoms with E-state index >= 15 is 0 Å². The fourth-order valence-electron chi connectivity index (χ4n) is 4.35. The van der Waals surface area contributed by atoms with Crippen molar-refractivity contribution in [2.75, 3.05) is 13.1 Å². The van der Waals surface area contributed by atoms with Crippen LogP contribution in [0.2, 0.25) is 0 Å². The lowest BCUT2D eigenvalue weighted by molar-refractivity contribution is 0.0674. The summed E-state index contributed by atoms with van der Waals surface area (Å²) in [6, 6.07) is 1.26. The van der Waals surface area contributed by atoms with Crippen LogP contribution in [0.5, 0.6) is 0 Å². The first-order valence-corrected chi connectivity index (χ1v) is 8.91. The van der Waals surface area contributed by atoms with Crippen LogP contribution in [0.15, 0.2) is 0 Å². The third-order valence-electron chi connectivity index (χ3n) is 5.96. The number of piperidine rings is 1. The van der Waals surface area contributed by atoms with Crippen molar-refractivity contribution in [3.8, 4) is 0 Å². The average Bonchev–Trinajstić information content (AvgIpc) is 2.40. The molecule has 2 aliphatic rings. The topological polar surface area (TPSA) is 29.3 Å². The lowest BCUT2D eigenvalue weighted by atomic mass is 9.67. The molecule has 2 nitrogen and oxygen atoms in total. The molecule has 0 bridgehead atoms. The molecule has 0 amide bonds. The molecule has 1 aliphatic carbocycles. The van der Waals surface area contributed by atoms with E-state index in [-0.39, 0.29) is 0 Å². The monoisotopic (exact) mass is 280 g/mol. The number of nitrogens with two attached hydrogens (primary N) is 1. The van der Waals surface area contributed by atoms with Crippen molar-refractivity contribution in [3.63, 3.8) is 0 Å². The van der Waals surface area contributed by atoms with Gasteiger partial charge in [-0.25, -0.2) is 0 Å². The maximum absolute atomic E-state index is 6.46. The van der Waals surface area contributed by atoms with Crippen LogP contribution in [-0.4, -0.2) is 30.1 Å². The molecule has 0 aromatic heterocycles. The minimum Gasteiger partial charge on any atom is -0.327 e. The third-order valence-corrected chi connectivity index (χ3v) is 5.96. The molecule has 2 heteroatoms. The first-order chi connectivity index (χ1) is 9.41. The first-order valence-electron chi connectivity index (χ1n) is 8.91. The molecular formula is C18H36N2. The highest BCUT2D eigenvalue weighted by molar-refractivity contribution is 4.90. The van der Waals surface area contributed by atoms with Gasteiger partial charge >= 0.3 is 0 Å². The molecule has 4 unspecified atom stereocenters. The van der Waals surface area contributed by atoms with Gasteiger partial charge in [-0.1, -0.05) is 34.1 Å². The Hall–Kier alpha value is -0.0800. The summed E-state index contributed by atoms with van der Waals surface area (Å²) in [5.41, 5.74) is 6.91. The van der Waals surface area contributed by atoms with Crippen LogP contribution in [0.25, 0.3) is 0 Å². The van der Waals surface area contributed by atoms with E-state index in [1.807, 2.05) is 0 Å². The summed E-state index contributed by atoms with van der Waals surface area (Å²) in [5.74, 6) is 1.58. The fraction of sp³-hybridized carbons (Fsp3) is 1.00. The first kappa shape index (κ1) is 16.3. The Bertz CT molecular complexity index is 294. The van der Waals surface area contributed by atoms with Crippen molar-refractivity contribution >= 4 is 0 Å². The second-order valence-corrected chi connectivity index (χ2v) is 8.35. The van der Waals surface area contributed by atoms with Crippen LogP contribution >= 0.6 is 0 Å². The summed E-state index contributed by atoms with van der Waals surface area (Å²) in [6.07, 6.45) is 9.44. The summed E-state index contributed by atoms with van der Waals surface area (Å²) >= 11 is 0. The minimum absolute atomic E-state index is 0.438. The molecule has 1 saturated heterocycles. The number of rotatable bonds is 3. The predicted molar refractivity (Wildman–Crippen MR) is 87.8 cm³/mol. The molecule has 20 heavy (non-hydrogen) atoms. The van der Waals surface area contributed by atoms with Crippen molar-refractivity contribution in [3.05, 3.63) is 0 Å². The smallest absolute Gasteiger partial charge is 0.00927 e. The Morgan fingerprint density at radius 1 is 1.10 bits per heavy atom. The van der Waals surface area contributed by atoms with Gasteiger partial charge in [0.15, 0.2) is 0 Å². The van der Waals surface area contributed by atoms with E-state index < -0.39 is 0 Å². The van der Waals surface area contributed by atoms with Crippen LogP contribution in [0, 0.1) is 17.3 Å². The molecule has 1 saturated carbocycles. The predicted octanol–water partition coefficient (Wildman–Crippen LogP) is 4.04. The van der Waals surface area contributed by atoms with E-state index in [2.05, 4.69) is 32.6 Å². The highest BCUT2D eigenvalue weighted by Gasteiger charge is 2.36. The maximum atomic E-state index is 6.46. The van der Waals surface area contributed by atoms with E-state index in [4.69, 9.17) is 5.73 Å². The molecule has 1 heterocycles. The zero-order valence-electron chi connectivity index (χ0n) is 14.2. The van der Waals surface area contributed by atoms with Crippen molar-refractivity contribution < 1.29 is 0 Å². The Morgan fingerprint density at radius 3 is 2.50 bits per heavy atom. The molecular weight excluding hydrogens is 244 g/mol. The number of likely N-dealkylation sites (tertiary alicyclic amines) is 1. The zero-order valence-corrected chi connectivity index (χ0v) is 14.2. The van der Waals surface area contributed by atoms with Gasteiger partial charge < -0.3 is 10.6 Å². The highest BCUT2D eigenvalue weighted by atomic mass is 15.2. The van der Waals surface area contributed by atoms with Gasteiger partial charge in [0.1, 0.15) is 0 Å². The van der Waals surface area contributed by atoms with Crippen LogP contribution in [0.4, 0.5) is 0 Å². The van der Waals surface area contributed by atoms with Crippen molar-refractivity contribution in [2.45, 2.75) is 84.7 Å². The lowest BCUT2D eigenvalue weighted by Gasteiger charge is -2.44. The van der Waals surface area contributed by atoms with Gasteiger partial charge in [-0.3, -0.25) is 0 Å². The number of nitrogens with zero attached hydrogens (tertiary/aromatic N) is 1. The Kier molecular flexibility index (Phi) is 5.53. The highest BCUT2D eigenvalue weighted by Crippen LogP contribution is 2.40. The Morgan fingerprint density at radius 2 is 1.85 bits per heavy atom. The molecule has 1 aliphatic heterocycles. The zero-order chi connectivity index (χ0) is 14.8. The summed E-state index contributed by atoms with van der Waals surface area (Å²) in [6.45, 7) is 12.1. The molecule has 2 rings (SSSR count). The number of hydrogen-bond acceptors (Lipinski definition) is 2. The van der Waals surface area contributed by atoms with Gasteiger partial charge in [0.2, 0.25) is 0 Å². The molecule has 2 N–H and O–H groups in total. The minimum atomic E-state index is 0.438. The molecule has 0 aromatic carbocycles. The SMILES string of the molecule is CCC1CCCCN1CC1CC(C(C)(C)C)CCC1N. The normalized spacial score (nSPS) is 37.0. The van der Waals surface area contributed by atoms with Gasteiger partial charge in [0.25, 0.3) is 0 Å². The third kappa shape index (κ3) is 3.98. The summed E-state index contributed by atoms with van der Waals surface area (Å²) in [4.78, 5) is 2.76. The van der Waals surface area contributed by atoms with Gasteiger partial charge in [-0.05, 0) is 62.3 Å². The molecule has 0 aromatic rings. The molecule has 0 spiro atoms. The van der Waals surface area contributed by atoms with Crippen LogP contribution < -0.4 is 5.73 Å². The lowest BCUT2D eigenvalue weighted by Crippen LogP contribution is -2.48. The largest absolute Gasteiger partial charge is 0.327 e. The van der Waals surface area contributed by atoms with Crippen molar-refractivity contribution in [1.82, 2.24) is 4.90 Å². The van der Waals surface area contributed by atoms with E-state index in [0.29, 0.717) is 11.5 Å². The van der Waals surface area contributed by atoms with E-state index in [1.54, 1.807) is 0 Å². The van der Waals surface area contributed by atoms with Gasteiger partial charge in [0.05, 0.1) is 0 Å². The van der Waals surface area contributed by atoms with Crippen LogP contribution in [-0.2, 0) is 0 Å². The summed E-state index contributed by atoms with van der Waals surface area (Å²) in [5, 5.41) is 0. The molecule has 2 fully saturated rings.